The molecule has 0 saturated carbocycles. The van der Waals surface area contributed by atoms with Gasteiger partial charge in [0.2, 0.25) is 11.8 Å². The van der Waals surface area contributed by atoms with Crippen LogP contribution in [-0.2, 0) is 34.0 Å². The predicted molar refractivity (Wildman–Crippen MR) is 112 cm³/mol. The van der Waals surface area contributed by atoms with E-state index in [1.54, 1.807) is 32.0 Å². The third kappa shape index (κ3) is 3.28. The molecule has 0 bridgehead atoms. The van der Waals surface area contributed by atoms with Gasteiger partial charge in [-0.05, 0) is 39.0 Å². The smallest absolute Gasteiger partial charge is 0.341 e. The zero-order valence-electron chi connectivity index (χ0n) is 16.7. The molecule has 30 heavy (non-hydrogen) atoms. The van der Waals surface area contributed by atoms with E-state index in [2.05, 4.69) is 27.8 Å². The summed E-state index contributed by atoms with van der Waals surface area (Å²) in [6.45, 7) is 8.22. The maximum Gasteiger partial charge on any atom is 0.341 e. The van der Waals surface area contributed by atoms with Crippen molar-refractivity contribution < 1.29 is 28.6 Å². The molecule has 1 unspecified atom stereocenters. The quantitative estimate of drug-likeness (QED) is 0.495. The molecule has 1 aromatic carbocycles. The second kappa shape index (κ2) is 7.98. The van der Waals surface area contributed by atoms with Crippen molar-refractivity contribution in [1.29, 1.82) is 0 Å². The Labute approximate surface area is 181 Å². The number of nitrogens with one attached hydrogen (secondary N) is 1. The third-order valence-electron chi connectivity index (χ3n) is 4.67. The molecule has 3 N–H and O–H groups in total. The molecule has 2 aliphatic rings. The van der Waals surface area contributed by atoms with Crippen molar-refractivity contribution in [2.24, 2.45) is 5.73 Å². The Balaban J connectivity index is 2.35. The van der Waals surface area contributed by atoms with Crippen LogP contribution in [0.4, 0.5) is 5.69 Å². The standard InChI is InChI=1S/C21H21BrN2O6/c1-5-8-28-18(25)15-11(4)30-17(23)16(19(26)29-10(2)3)21(15)13-9-12(22)6-7-14(13)24-20(21)27/h5-7,9-10H,1,8,23H2,2-4H3,(H,24,27). The summed E-state index contributed by atoms with van der Waals surface area (Å²) in [6.07, 6.45) is 0.895. The van der Waals surface area contributed by atoms with Gasteiger partial charge in [0.05, 0.1) is 6.10 Å². The van der Waals surface area contributed by atoms with Gasteiger partial charge in [-0.15, -0.1) is 0 Å². The number of carbonyl (C=O) groups is 3. The number of allylic oxidation sites excluding steroid dienone is 1. The maximum absolute atomic E-state index is 13.5. The lowest BCUT2D eigenvalue weighted by atomic mass is 9.67. The summed E-state index contributed by atoms with van der Waals surface area (Å²) in [6, 6.07) is 5.02. The largest absolute Gasteiger partial charge is 0.459 e. The average Bonchev–Trinajstić information content (AvgIpc) is 2.91. The van der Waals surface area contributed by atoms with Crippen molar-refractivity contribution in [3.63, 3.8) is 0 Å². The summed E-state index contributed by atoms with van der Waals surface area (Å²) in [5.74, 6) is -2.61. The Bertz CT molecular complexity index is 1030. The van der Waals surface area contributed by atoms with Gasteiger partial charge in [0, 0.05) is 15.7 Å². The third-order valence-corrected chi connectivity index (χ3v) is 5.16. The number of ether oxygens (including phenoxy) is 3. The van der Waals surface area contributed by atoms with Crippen LogP contribution in [0.15, 0.2) is 58.1 Å². The summed E-state index contributed by atoms with van der Waals surface area (Å²) >= 11 is 3.38. The number of halogens is 1. The van der Waals surface area contributed by atoms with Gasteiger partial charge < -0.3 is 25.3 Å². The van der Waals surface area contributed by atoms with E-state index >= 15 is 0 Å². The lowest BCUT2D eigenvalue weighted by molar-refractivity contribution is -0.145. The molecule has 1 atom stereocenters. The van der Waals surface area contributed by atoms with Crippen molar-refractivity contribution in [3.8, 4) is 0 Å². The predicted octanol–water partition coefficient (Wildman–Crippen LogP) is 2.79. The molecule has 9 heteroatoms. The number of rotatable bonds is 5. The highest BCUT2D eigenvalue weighted by Crippen LogP contribution is 2.53. The van der Waals surface area contributed by atoms with E-state index in [0.717, 1.165) is 0 Å². The molecule has 1 amide bonds. The zero-order valence-corrected chi connectivity index (χ0v) is 18.3. The summed E-state index contributed by atoms with van der Waals surface area (Å²) < 4.78 is 16.7. The highest BCUT2D eigenvalue weighted by atomic mass is 79.9. The number of benzene rings is 1. The van der Waals surface area contributed by atoms with E-state index in [4.69, 9.17) is 19.9 Å². The first kappa shape index (κ1) is 21.6. The fourth-order valence-corrected chi connectivity index (χ4v) is 4.00. The van der Waals surface area contributed by atoms with Crippen molar-refractivity contribution in [1.82, 2.24) is 0 Å². The number of esters is 2. The minimum atomic E-state index is -1.89. The molecule has 3 rings (SSSR count). The number of carbonyl (C=O) groups excluding carboxylic acids is 3. The second-order valence-electron chi connectivity index (χ2n) is 7.01. The molecule has 2 heterocycles. The number of nitrogens with two attached hydrogens (primary N) is 1. The van der Waals surface area contributed by atoms with E-state index in [-0.39, 0.29) is 29.4 Å². The summed E-state index contributed by atoms with van der Waals surface area (Å²) in [5.41, 5.74) is 4.54. The second-order valence-corrected chi connectivity index (χ2v) is 7.92. The highest BCUT2D eigenvalue weighted by molar-refractivity contribution is 9.10. The fraction of sp³-hybridized carbons (Fsp3) is 0.286. The van der Waals surface area contributed by atoms with E-state index in [1.165, 1.54) is 13.0 Å². The number of hydrogen-bond acceptors (Lipinski definition) is 7. The van der Waals surface area contributed by atoms with Crippen LogP contribution >= 0.6 is 15.9 Å². The van der Waals surface area contributed by atoms with Crippen molar-refractivity contribution in [3.05, 3.63) is 63.7 Å². The zero-order chi connectivity index (χ0) is 22.2. The normalized spacial score (nSPS) is 20.1. The Hall–Kier alpha value is -3.07. The Morgan fingerprint density at radius 2 is 2.03 bits per heavy atom. The van der Waals surface area contributed by atoms with E-state index in [9.17, 15) is 14.4 Å². The van der Waals surface area contributed by atoms with E-state index < -0.39 is 29.4 Å². The monoisotopic (exact) mass is 476 g/mol. The van der Waals surface area contributed by atoms with Crippen LogP contribution in [0.2, 0.25) is 0 Å². The maximum atomic E-state index is 13.5. The molecule has 1 spiro atoms. The average molecular weight is 477 g/mol. The van der Waals surface area contributed by atoms with Crippen LogP contribution in [0.25, 0.3) is 0 Å². The van der Waals surface area contributed by atoms with Crippen LogP contribution in [0.5, 0.6) is 0 Å². The number of anilines is 1. The molecule has 0 aromatic heterocycles. The molecule has 0 radical (unpaired) electrons. The highest BCUT2D eigenvalue weighted by Gasteiger charge is 2.62. The van der Waals surface area contributed by atoms with Crippen LogP contribution in [-0.4, -0.2) is 30.6 Å². The summed E-state index contributed by atoms with van der Waals surface area (Å²) in [5, 5.41) is 2.73. The van der Waals surface area contributed by atoms with Crippen LogP contribution < -0.4 is 11.1 Å². The molecule has 2 aliphatic heterocycles. The first-order valence-corrected chi connectivity index (χ1v) is 9.93. The molecule has 0 saturated heterocycles. The van der Waals surface area contributed by atoms with Crippen LogP contribution in [0.3, 0.4) is 0 Å². The summed E-state index contributed by atoms with van der Waals surface area (Å²) in [7, 11) is 0. The van der Waals surface area contributed by atoms with Crippen molar-refractivity contribution in [2.45, 2.75) is 32.3 Å². The lowest BCUT2D eigenvalue weighted by Gasteiger charge is -2.35. The van der Waals surface area contributed by atoms with Crippen molar-refractivity contribution >= 4 is 39.5 Å². The van der Waals surface area contributed by atoms with Gasteiger partial charge >= 0.3 is 11.9 Å². The lowest BCUT2D eigenvalue weighted by Crippen LogP contribution is -2.48. The van der Waals surface area contributed by atoms with Crippen LogP contribution in [0, 0.1) is 0 Å². The van der Waals surface area contributed by atoms with Gasteiger partial charge in [-0.25, -0.2) is 9.59 Å². The Morgan fingerprint density at radius 3 is 2.67 bits per heavy atom. The minimum Gasteiger partial charge on any atom is -0.459 e. The topological polar surface area (TPSA) is 117 Å². The molecule has 8 nitrogen and oxygen atoms in total. The summed E-state index contributed by atoms with van der Waals surface area (Å²) in [4.78, 5) is 39.6. The SMILES string of the molecule is C=CCOC(=O)C1=C(C)OC(N)=C(C(=O)OC(C)C)C12C(=O)Nc1ccc(Br)cc12. The molecule has 0 aliphatic carbocycles. The molecular formula is C21H21BrN2O6. The van der Waals surface area contributed by atoms with Gasteiger partial charge in [-0.3, -0.25) is 4.79 Å². The first-order valence-electron chi connectivity index (χ1n) is 9.14. The van der Waals surface area contributed by atoms with Gasteiger partial charge in [0.1, 0.15) is 28.9 Å². The fourth-order valence-electron chi connectivity index (χ4n) is 3.64. The van der Waals surface area contributed by atoms with Crippen LogP contribution in [0.1, 0.15) is 26.3 Å². The van der Waals surface area contributed by atoms with Gasteiger partial charge in [0.15, 0.2) is 0 Å². The first-order chi connectivity index (χ1) is 14.1. The molecule has 1 aromatic rings. The number of amides is 1. The van der Waals surface area contributed by atoms with Gasteiger partial charge in [-0.1, -0.05) is 28.6 Å². The van der Waals surface area contributed by atoms with E-state index in [1.807, 2.05) is 0 Å². The van der Waals surface area contributed by atoms with Crippen molar-refractivity contribution in [2.75, 3.05) is 11.9 Å². The Kier molecular flexibility index (Phi) is 5.76. The molecule has 0 fully saturated rings. The number of fused-ring (bicyclic) bond motifs is 2. The van der Waals surface area contributed by atoms with E-state index in [0.29, 0.717) is 15.7 Å². The minimum absolute atomic E-state index is 0.0469. The molecule has 158 valence electrons. The molecular weight excluding hydrogens is 456 g/mol. The van der Waals surface area contributed by atoms with Gasteiger partial charge in [-0.2, -0.15) is 0 Å². The Morgan fingerprint density at radius 1 is 1.33 bits per heavy atom. The van der Waals surface area contributed by atoms with Gasteiger partial charge in [0.25, 0.3) is 0 Å². The number of hydrogen-bond donors (Lipinski definition) is 2.